The zero-order valence-corrected chi connectivity index (χ0v) is 9.29. The molecule has 2 nitrogen and oxygen atoms in total. The van der Waals surface area contributed by atoms with Crippen LogP contribution >= 0.6 is 0 Å². The molecule has 0 aliphatic heterocycles. The largest absolute Gasteiger partial charge is 0.496 e. The van der Waals surface area contributed by atoms with E-state index < -0.39 is 0 Å². The lowest BCUT2D eigenvalue weighted by Gasteiger charge is -2.19. The molecule has 0 aliphatic rings. The van der Waals surface area contributed by atoms with E-state index in [0.29, 0.717) is 0 Å². The first-order chi connectivity index (χ1) is 6.81. The Labute approximate surface area is 86.5 Å². The third-order valence-corrected chi connectivity index (χ3v) is 2.48. The highest BCUT2D eigenvalue weighted by molar-refractivity contribution is 5.32. The minimum Gasteiger partial charge on any atom is -0.496 e. The lowest BCUT2D eigenvalue weighted by molar-refractivity contribution is 0.289. The van der Waals surface area contributed by atoms with Gasteiger partial charge in [-0.2, -0.15) is 0 Å². The minimum absolute atomic E-state index is 0.969. The first-order valence-corrected chi connectivity index (χ1v) is 5.16. The topological polar surface area (TPSA) is 12.5 Å². The van der Waals surface area contributed by atoms with Crippen LogP contribution in [0, 0.1) is 0 Å². The van der Waals surface area contributed by atoms with Gasteiger partial charge in [0.2, 0.25) is 0 Å². The summed E-state index contributed by atoms with van der Waals surface area (Å²) in [6.07, 6.45) is 0. The first-order valence-electron chi connectivity index (χ1n) is 5.16. The fourth-order valence-corrected chi connectivity index (χ4v) is 1.52. The summed E-state index contributed by atoms with van der Waals surface area (Å²) >= 11 is 0. The van der Waals surface area contributed by atoms with Gasteiger partial charge in [0.05, 0.1) is 7.11 Å². The standard InChI is InChI=1S/C12H19NO/c1-4-13(5-2)10-11-8-6-7-9-12(11)14-3/h6-9H,4-5,10H2,1-3H3. The molecule has 0 amide bonds. The van der Waals surface area contributed by atoms with Crippen LogP contribution in [-0.2, 0) is 6.54 Å². The second-order valence-corrected chi connectivity index (χ2v) is 3.27. The van der Waals surface area contributed by atoms with Crippen LogP contribution in [0.1, 0.15) is 19.4 Å². The summed E-state index contributed by atoms with van der Waals surface area (Å²) in [6, 6.07) is 8.20. The third kappa shape index (κ3) is 2.74. The van der Waals surface area contributed by atoms with Crippen LogP contribution in [0.3, 0.4) is 0 Å². The first kappa shape index (κ1) is 11.1. The molecule has 78 valence electrons. The van der Waals surface area contributed by atoms with E-state index in [1.807, 2.05) is 12.1 Å². The van der Waals surface area contributed by atoms with Crippen molar-refractivity contribution in [2.24, 2.45) is 0 Å². The summed E-state index contributed by atoms with van der Waals surface area (Å²) in [4.78, 5) is 2.37. The van der Waals surface area contributed by atoms with Gasteiger partial charge in [-0.05, 0) is 19.2 Å². The van der Waals surface area contributed by atoms with Gasteiger partial charge >= 0.3 is 0 Å². The van der Waals surface area contributed by atoms with E-state index in [4.69, 9.17) is 4.74 Å². The lowest BCUT2D eigenvalue weighted by atomic mass is 10.2. The molecule has 0 radical (unpaired) electrons. The molecule has 0 unspecified atom stereocenters. The molecule has 1 rings (SSSR count). The molecular formula is C12H19NO. The Morgan fingerprint density at radius 1 is 1.14 bits per heavy atom. The van der Waals surface area contributed by atoms with Crippen molar-refractivity contribution in [3.8, 4) is 5.75 Å². The average molecular weight is 193 g/mol. The highest BCUT2D eigenvalue weighted by Crippen LogP contribution is 2.18. The number of rotatable bonds is 5. The number of hydrogen-bond donors (Lipinski definition) is 0. The SMILES string of the molecule is CCN(CC)Cc1ccccc1OC. The molecule has 0 fully saturated rings. The summed E-state index contributed by atoms with van der Waals surface area (Å²) in [6.45, 7) is 7.48. The number of ether oxygens (including phenoxy) is 1. The third-order valence-electron chi connectivity index (χ3n) is 2.48. The monoisotopic (exact) mass is 193 g/mol. The van der Waals surface area contributed by atoms with Crippen LogP contribution < -0.4 is 4.74 Å². The van der Waals surface area contributed by atoms with Crippen LogP contribution in [0.25, 0.3) is 0 Å². The number of hydrogen-bond acceptors (Lipinski definition) is 2. The molecule has 0 bridgehead atoms. The van der Waals surface area contributed by atoms with E-state index in [2.05, 4.69) is 30.9 Å². The van der Waals surface area contributed by atoms with E-state index in [1.165, 1.54) is 5.56 Å². The van der Waals surface area contributed by atoms with Gasteiger partial charge in [-0.25, -0.2) is 0 Å². The van der Waals surface area contributed by atoms with Gasteiger partial charge < -0.3 is 4.74 Å². The number of para-hydroxylation sites is 1. The Hall–Kier alpha value is -1.02. The highest BCUT2D eigenvalue weighted by Gasteiger charge is 2.05. The van der Waals surface area contributed by atoms with Crippen LogP contribution in [0.15, 0.2) is 24.3 Å². The predicted octanol–water partition coefficient (Wildman–Crippen LogP) is 2.54. The molecule has 0 saturated carbocycles. The molecule has 2 heteroatoms. The lowest BCUT2D eigenvalue weighted by Crippen LogP contribution is -2.22. The molecule has 0 spiro atoms. The average Bonchev–Trinajstić information content (AvgIpc) is 2.26. The summed E-state index contributed by atoms with van der Waals surface area (Å²) in [5, 5.41) is 0. The zero-order valence-electron chi connectivity index (χ0n) is 9.29. The smallest absolute Gasteiger partial charge is 0.123 e. The van der Waals surface area contributed by atoms with E-state index >= 15 is 0 Å². The molecule has 14 heavy (non-hydrogen) atoms. The zero-order chi connectivity index (χ0) is 10.4. The van der Waals surface area contributed by atoms with Crippen LogP contribution in [-0.4, -0.2) is 25.1 Å². The van der Waals surface area contributed by atoms with Crippen molar-refractivity contribution in [1.82, 2.24) is 4.90 Å². The molecule has 0 aliphatic carbocycles. The van der Waals surface area contributed by atoms with Crippen molar-refractivity contribution in [1.29, 1.82) is 0 Å². The maximum atomic E-state index is 5.31. The second-order valence-electron chi connectivity index (χ2n) is 3.27. The summed E-state index contributed by atoms with van der Waals surface area (Å²) in [5.74, 6) is 0.986. The summed E-state index contributed by atoms with van der Waals surface area (Å²) in [5.41, 5.74) is 1.26. The number of nitrogens with zero attached hydrogens (tertiary/aromatic N) is 1. The number of methoxy groups -OCH3 is 1. The van der Waals surface area contributed by atoms with E-state index in [1.54, 1.807) is 7.11 Å². The van der Waals surface area contributed by atoms with Gasteiger partial charge in [0, 0.05) is 12.1 Å². The Morgan fingerprint density at radius 3 is 2.36 bits per heavy atom. The van der Waals surface area contributed by atoms with Gasteiger partial charge in [0.1, 0.15) is 5.75 Å². The molecule has 0 aromatic heterocycles. The van der Waals surface area contributed by atoms with Crippen LogP contribution in [0.2, 0.25) is 0 Å². The van der Waals surface area contributed by atoms with Crippen molar-refractivity contribution in [3.05, 3.63) is 29.8 Å². The molecule has 0 heterocycles. The van der Waals surface area contributed by atoms with Crippen molar-refractivity contribution in [2.75, 3.05) is 20.2 Å². The maximum Gasteiger partial charge on any atom is 0.123 e. The van der Waals surface area contributed by atoms with E-state index in [0.717, 1.165) is 25.4 Å². The molecule has 1 aromatic carbocycles. The second kappa shape index (κ2) is 5.66. The van der Waals surface area contributed by atoms with Crippen LogP contribution in [0.4, 0.5) is 0 Å². The molecule has 1 aromatic rings. The Balaban J connectivity index is 2.74. The van der Waals surface area contributed by atoms with E-state index in [-0.39, 0.29) is 0 Å². The minimum atomic E-state index is 0.969. The van der Waals surface area contributed by atoms with Gasteiger partial charge in [-0.15, -0.1) is 0 Å². The van der Waals surface area contributed by atoms with Gasteiger partial charge in [-0.1, -0.05) is 32.0 Å². The Bertz CT molecular complexity index is 269. The normalized spacial score (nSPS) is 10.6. The Morgan fingerprint density at radius 2 is 1.79 bits per heavy atom. The molecule has 0 atom stereocenters. The summed E-state index contributed by atoms with van der Waals surface area (Å²) < 4.78 is 5.31. The Kier molecular flexibility index (Phi) is 4.47. The molecule has 0 N–H and O–H groups in total. The van der Waals surface area contributed by atoms with E-state index in [9.17, 15) is 0 Å². The van der Waals surface area contributed by atoms with Crippen molar-refractivity contribution >= 4 is 0 Å². The predicted molar refractivity (Wildman–Crippen MR) is 59.6 cm³/mol. The highest BCUT2D eigenvalue weighted by atomic mass is 16.5. The van der Waals surface area contributed by atoms with Crippen molar-refractivity contribution in [3.63, 3.8) is 0 Å². The fraction of sp³-hybridized carbons (Fsp3) is 0.500. The van der Waals surface area contributed by atoms with Gasteiger partial charge in [-0.3, -0.25) is 4.90 Å². The van der Waals surface area contributed by atoms with Crippen LogP contribution in [0.5, 0.6) is 5.75 Å². The van der Waals surface area contributed by atoms with Gasteiger partial charge in [0.25, 0.3) is 0 Å². The molecular weight excluding hydrogens is 174 g/mol. The van der Waals surface area contributed by atoms with Crippen molar-refractivity contribution < 1.29 is 4.74 Å². The van der Waals surface area contributed by atoms with Crippen molar-refractivity contribution in [2.45, 2.75) is 20.4 Å². The van der Waals surface area contributed by atoms with Gasteiger partial charge in [0.15, 0.2) is 0 Å². The number of benzene rings is 1. The fourth-order valence-electron chi connectivity index (χ4n) is 1.52. The quantitative estimate of drug-likeness (QED) is 0.712. The summed E-state index contributed by atoms with van der Waals surface area (Å²) in [7, 11) is 1.72. The molecule has 0 saturated heterocycles. The maximum absolute atomic E-state index is 5.31.